The largest absolute Gasteiger partial charge is 0.381 e. The van der Waals surface area contributed by atoms with Crippen molar-refractivity contribution in [3.63, 3.8) is 0 Å². The highest BCUT2D eigenvalue weighted by Crippen LogP contribution is 2.18. The second-order valence-corrected chi connectivity index (χ2v) is 6.48. The first kappa shape index (κ1) is 17.7. The smallest absolute Gasteiger partial charge is 0.274 e. The number of pyridine rings is 1. The summed E-state index contributed by atoms with van der Waals surface area (Å²) in [4.78, 5) is 16.7. The molecule has 0 spiro atoms. The third-order valence-electron chi connectivity index (χ3n) is 4.37. The molecule has 0 radical (unpaired) electrons. The number of aryl methyl sites for hydroxylation is 3. The average molecular weight is 345 g/mol. The summed E-state index contributed by atoms with van der Waals surface area (Å²) < 4.78 is 0. The van der Waals surface area contributed by atoms with Crippen LogP contribution in [0.5, 0.6) is 0 Å². The van der Waals surface area contributed by atoms with Gasteiger partial charge in [0, 0.05) is 24.1 Å². The van der Waals surface area contributed by atoms with Crippen molar-refractivity contribution in [1.29, 1.82) is 0 Å². The summed E-state index contributed by atoms with van der Waals surface area (Å²) in [5, 5.41) is 6.29. The van der Waals surface area contributed by atoms with Gasteiger partial charge in [-0.25, -0.2) is 0 Å². The number of nitrogens with zero attached hydrogens (tertiary/aromatic N) is 1. The van der Waals surface area contributed by atoms with Crippen molar-refractivity contribution < 1.29 is 4.79 Å². The monoisotopic (exact) mass is 345 g/mol. The summed E-state index contributed by atoms with van der Waals surface area (Å²) in [6.45, 7) is 6.81. The minimum absolute atomic E-state index is 0.212. The van der Waals surface area contributed by atoms with Crippen molar-refractivity contribution in [2.24, 2.45) is 0 Å². The third kappa shape index (κ3) is 4.28. The molecule has 26 heavy (non-hydrogen) atoms. The second kappa shape index (κ2) is 7.83. The average Bonchev–Trinajstić information content (AvgIpc) is 2.63. The highest BCUT2D eigenvalue weighted by atomic mass is 16.1. The molecule has 1 amide bonds. The summed E-state index contributed by atoms with van der Waals surface area (Å²) in [6.07, 6.45) is 1.65. The van der Waals surface area contributed by atoms with Gasteiger partial charge in [-0.05, 0) is 55.7 Å². The fraction of sp³-hybridized carbons (Fsp3) is 0.182. The number of carbonyl (C=O) groups excluding carboxylic acids is 1. The van der Waals surface area contributed by atoms with Crippen molar-refractivity contribution >= 4 is 17.3 Å². The Morgan fingerprint density at radius 3 is 2.54 bits per heavy atom. The molecule has 2 N–H and O–H groups in total. The fourth-order valence-electron chi connectivity index (χ4n) is 2.81. The zero-order valence-electron chi connectivity index (χ0n) is 15.3. The molecule has 0 unspecified atom stereocenters. The number of carbonyl (C=O) groups is 1. The Morgan fingerprint density at radius 1 is 0.962 bits per heavy atom. The maximum absolute atomic E-state index is 12.5. The van der Waals surface area contributed by atoms with Crippen molar-refractivity contribution in [3.05, 3.63) is 88.7 Å². The van der Waals surface area contributed by atoms with Gasteiger partial charge in [-0.15, -0.1) is 0 Å². The van der Waals surface area contributed by atoms with Crippen LogP contribution >= 0.6 is 0 Å². The highest BCUT2D eigenvalue weighted by molar-refractivity contribution is 6.03. The van der Waals surface area contributed by atoms with Crippen LogP contribution in [0, 0.1) is 20.8 Å². The number of rotatable bonds is 5. The van der Waals surface area contributed by atoms with Gasteiger partial charge < -0.3 is 10.6 Å². The number of benzene rings is 2. The number of aromatic nitrogens is 1. The van der Waals surface area contributed by atoms with Crippen LogP contribution in [0.4, 0.5) is 11.4 Å². The van der Waals surface area contributed by atoms with Gasteiger partial charge in [-0.3, -0.25) is 9.78 Å². The minimum atomic E-state index is -0.212. The molecule has 0 saturated carbocycles. The van der Waals surface area contributed by atoms with E-state index in [4.69, 9.17) is 0 Å². The summed E-state index contributed by atoms with van der Waals surface area (Å²) in [5.74, 6) is -0.212. The molecule has 0 aliphatic rings. The van der Waals surface area contributed by atoms with Crippen molar-refractivity contribution in [2.75, 3.05) is 10.6 Å². The molecule has 0 fully saturated rings. The molecule has 4 nitrogen and oxygen atoms in total. The van der Waals surface area contributed by atoms with Crippen LogP contribution < -0.4 is 10.6 Å². The van der Waals surface area contributed by atoms with Crippen LogP contribution in [0.2, 0.25) is 0 Å². The summed E-state index contributed by atoms with van der Waals surface area (Å²) in [7, 11) is 0. The van der Waals surface area contributed by atoms with Gasteiger partial charge in [0.1, 0.15) is 5.69 Å². The van der Waals surface area contributed by atoms with Gasteiger partial charge in [-0.2, -0.15) is 0 Å². The van der Waals surface area contributed by atoms with Gasteiger partial charge in [0.2, 0.25) is 0 Å². The molecule has 0 bridgehead atoms. The number of amides is 1. The van der Waals surface area contributed by atoms with E-state index in [2.05, 4.69) is 34.7 Å². The lowest BCUT2D eigenvalue weighted by molar-refractivity contribution is 0.102. The first-order valence-electron chi connectivity index (χ1n) is 8.66. The number of hydrogen-bond acceptors (Lipinski definition) is 3. The van der Waals surface area contributed by atoms with E-state index in [9.17, 15) is 4.79 Å². The van der Waals surface area contributed by atoms with Crippen LogP contribution in [0.1, 0.15) is 32.7 Å². The van der Waals surface area contributed by atoms with Crippen molar-refractivity contribution in [1.82, 2.24) is 4.98 Å². The number of nitrogens with one attached hydrogen (secondary N) is 2. The lowest BCUT2D eigenvalue weighted by atomic mass is 10.1. The van der Waals surface area contributed by atoms with E-state index >= 15 is 0 Å². The predicted octanol–water partition coefficient (Wildman–Crippen LogP) is 4.87. The van der Waals surface area contributed by atoms with Gasteiger partial charge in [0.05, 0.1) is 0 Å². The number of hydrogen-bond donors (Lipinski definition) is 2. The van der Waals surface area contributed by atoms with E-state index in [-0.39, 0.29) is 5.91 Å². The zero-order chi connectivity index (χ0) is 18.5. The lowest BCUT2D eigenvalue weighted by Gasteiger charge is -2.11. The standard InChI is InChI=1S/C22H23N3O/c1-15-8-9-20(17(3)12-15)25-22(26)21-13-19(10-11-23-21)24-14-18-7-5-4-6-16(18)2/h4-13H,14H2,1-3H3,(H,23,24)(H,25,26). The zero-order valence-corrected chi connectivity index (χ0v) is 15.3. The molecule has 0 aliphatic heterocycles. The van der Waals surface area contributed by atoms with E-state index in [0.29, 0.717) is 12.2 Å². The maximum atomic E-state index is 12.5. The molecule has 0 saturated heterocycles. The van der Waals surface area contributed by atoms with Crippen LogP contribution in [-0.4, -0.2) is 10.9 Å². The van der Waals surface area contributed by atoms with Gasteiger partial charge >= 0.3 is 0 Å². The van der Waals surface area contributed by atoms with Gasteiger partial charge in [-0.1, -0.05) is 42.0 Å². The van der Waals surface area contributed by atoms with Crippen molar-refractivity contribution in [2.45, 2.75) is 27.3 Å². The molecule has 3 aromatic rings. The first-order chi connectivity index (χ1) is 12.5. The Labute approximate surface area is 154 Å². The molecule has 1 aromatic heterocycles. The number of anilines is 2. The second-order valence-electron chi connectivity index (χ2n) is 6.48. The Hall–Kier alpha value is -3.14. The van der Waals surface area contributed by atoms with Crippen LogP contribution in [0.25, 0.3) is 0 Å². The Balaban J connectivity index is 1.70. The Morgan fingerprint density at radius 2 is 1.77 bits per heavy atom. The normalized spacial score (nSPS) is 10.4. The van der Waals surface area contributed by atoms with E-state index in [0.717, 1.165) is 16.9 Å². The molecule has 132 valence electrons. The summed E-state index contributed by atoms with van der Waals surface area (Å²) in [5.41, 5.74) is 6.73. The van der Waals surface area contributed by atoms with Crippen LogP contribution in [-0.2, 0) is 6.54 Å². The van der Waals surface area contributed by atoms with E-state index in [1.165, 1.54) is 16.7 Å². The molecule has 0 atom stereocenters. The van der Waals surface area contributed by atoms with Crippen LogP contribution in [0.15, 0.2) is 60.8 Å². The Bertz CT molecular complexity index is 934. The van der Waals surface area contributed by atoms with Crippen molar-refractivity contribution in [3.8, 4) is 0 Å². The van der Waals surface area contributed by atoms with E-state index < -0.39 is 0 Å². The molecule has 3 rings (SSSR count). The predicted molar refractivity (Wildman–Crippen MR) is 107 cm³/mol. The molecular formula is C22H23N3O. The molecule has 2 aromatic carbocycles. The summed E-state index contributed by atoms with van der Waals surface area (Å²) >= 11 is 0. The molecule has 1 heterocycles. The minimum Gasteiger partial charge on any atom is -0.381 e. The lowest BCUT2D eigenvalue weighted by Crippen LogP contribution is -2.15. The van der Waals surface area contributed by atoms with Crippen LogP contribution in [0.3, 0.4) is 0 Å². The van der Waals surface area contributed by atoms with E-state index in [1.807, 2.05) is 50.2 Å². The quantitative estimate of drug-likeness (QED) is 0.693. The SMILES string of the molecule is Cc1ccc(NC(=O)c2cc(NCc3ccccc3C)ccn2)c(C)c1. The highest BCUT2D eigenvalue weighted by Gasteiger charge is 2.10. The first-order valence-corrected chi connectivity index (χ1v) is 8.66. The summed E-state index contributed by atoms with van der Waals surface area (Å²) in [6, 6.07) is 17.8. The fourth-order valence-corrected chi connectivity index (χ4v) is 2.81. The van der Waals surface area contributed by atoms with Gasteiger partial charge in [0.15, 0.2) is 0 Å². The molecule has 0 aliphatic carbocycles. The Kier molecular flexibility index (Phi) is 5.32. The van der Waals surface area contributed by atoms with E-state index in [1.54, 1.807) is 12.3 Å². The molecule has 4 heteroatoms. The van der Waals surface area contributed by atoms with Gasteiger partial charge in [0.25, 0.3) is 5.91 Å². The topological polar surface area (TPSA) is 54.0 Å². The molecular weight excluding hydrogens is 322 g/mol. The third-order valence-corrected chi connectivity index (χ3v) is 4.37. The maximum Gasteiger partial charge on any atom is 0.274 e.